The summed E-state index contributed by atoms with van der Waals surface area (Å²) < 4.78 is 0. The topological polar surface area (TPSA) is 15.3 Å². The minimum Gasteiger partial charge on any atom is -0.320 e. The van der Waals surface area contributed by atoms with E-state index in [-0.39, 0.29) is 0 Å². The molecule has 0 aliphatic heterocycles. The van der Waals surface area contributed by atoms with E-state index in [4.69, 9.17) is 0 Å². The zero-order chi connectivity index (χ0) is 7.28. The number of hydrogen-bond donors (Lipinski definition) is 1. The van der Waals surface area contributed by atoms with Crippen molar-refractivity contribution in [3.63, 3.8) is 0 Å². The van der Waals surface area contributed by atoms with Crippen LogP contribution in [0, 0.1) is 0 Å². The first-order chi connectivity index (χ1) is 4.16. The van der Waals surface area contributed by atoms with Crippen LogP contribution in [-0.2, 0) is 0 Å². The lowest BCUT2D eigenvalue weighted by Crippen LogP contribution is -2.28. The van der Waals surface area contributed by atoms with Crippen molar-refractivity contribution < 1.29 is 0 Å². The van der Waals surface area contributed by atoms with Gasteiger partial charge < -0.3 is 5.43 Å². The molecule has 0 saturated heterocycles. The molecule has 0 atom stereocenters. The highest BCUT2D eigenvalue weighted by Gasteiger charge is 1.84. The minimum atomic E-state index is 0.905. The summed E-state index contributed by atoms with van der Waals surface area (Å²) in [5, 5.41) is 1.85. The van der Waals surface area contributed by atoms with Crippen molar-refractivity contribution in [2.45, 2.75) is 6.92 Å². The van der Waals surface area contributed by atoms with Crippen molar-refractivity contribution in [3.05, 3.63) is 24.4 Å². The van der Waals surface area contributed by atoms with Gasteiger partial charge in [-0.3, -0.25) is 0 Å². The second-order valence-electron chi connectivity index (χ2n) is 2.03. The molecule has 0 fully saturated rings. The van der Waals surface area contributed by atoms with Gasteiger partial charge in [0.25, 0.3) is 0 Å². The van der Waals surface area contributed by atoms with Gasteiger partial charge >= 0.3 is 0 Å². The monoisotopic (exact) mass is 126 g/mol. The Bertz CT molecular complexity index is 114. The van der Waals surface area contributed by atoms with E-state index in [2.05, 4.69) is 12.0 Å². The standard InChI is InChI=1S/C7H14N2/c1-5-6-7(2)8-9(3)4/h5-6,8H,2H2,1,3-4H3/b6-5-. The fraction of sp³-hybridized carbons (Fsp3) is 0.429. The van der Waals surface area contributed by atoms with Crippen LogP contribution in [-0.4, -0.2) is 19.1 Å². The van der Waals surface area contributed by atoms with Crippen molar-refractivity contribution in [3.8, 4) is 0 Å². The van der Waals surface area contributed by atoms with Gasteiger partial charge in [0.05, 0.1) is 0 Å². The predicted octanol–water partition coefficient (Wildman–Crippen LogP) is 1.14. The van der Waals surface area contributed by atoms with Gasteiger partial charge in [0.2, 0.25) is 0 Å². The molecule has 2 heteroatoms. The first-order valence-corrected chi connectivity index (χ1v) is 2.92. The minimum absolute atomic E-state index is 0.905. The molecule has 0 aromatic rings. The van der Waals surface area contributed by atoms with Crippen molar-refractivity contribution in [1.82, 2.24) is 10.4 Å². The lowest BCUT2D eigenvalue weighted by Gasteiger charge is -2.12. The maximum absolute atomic E-state index is 3.74. The Hall–Kier alpha value is -0.760. The van der Waals surface area contributed by atoms with Crippen LogP contribution in [0.3, 0.4) is 0 Å². The number of allylic oxidation sites excluding steroid dienone is 2. The van der Waals surface area contributed by atoms with Gasteiger partial charge in [-0.2, -0.15) is 0 Å². The maximum atomic E-state index is 3.74. The van der Waals surface area contributed by atoms with E-state index in [9.17, 15) is 0 Å². The van der Waals surface area contributed by atoms with Gasteiger partial charge in [-0.1, -0.05) is 12.7 Å². The molecule has 0 aliphatic rings. The zero-order valence-corrected chi connectivity index (χ0v) is 6.31. The van der Waals surface area contributed by atoms with Crippen molar-refractivity contribution in [1.29, 1.82) is 0 Å². The molecule has 9 heavy (non-hydrogen) atoms. The average molecular weight is 126 g/mol. The van der Waals surface area contributed by atoms with Crippen LogP contribution in [0.15, 0.2) is 24.4 Å². The number of nitrogens with one attached hydrogen (secondary N) is 1. The summed E-state index contributed by atoms with van der Waals surface area (Å²) in [5.41, 5.74) is 3.90. The molecule has 0 aromatic heterocycles. The van der Waals surface area contributed by atoms with Gasteiger partial charge in [0, 0.05) is 19.8 Å². The molecule has 2 nitrogen and oxygen atoms in total. The molecule has 0 rings (SSSR count). The van der Waals surface area contributed by atoms with E-state index in [1.165, 1.54) is 0 Å². The third kappa shape index (κ3) is 5.11. The molecule has 0 radical (unpaired) electrons. The van der Waals surface area contributed by atoms with Crippen molar-refractivity contribution >= 4 is 0 Å². The zero-order valence-electron chi connectivity index (χ0n) is 6.31. The van der Waals surface area contributed by atoms with E-state index in [1.54, 1.807) is 0 Å². The van der Waals surface area contributed by atoms with Crippen LogP contribution in [0.25, 0.3) is 0 Å². The van der Waals surface area contributed by atoms with E-state index < -0.39 is 0 Å². The Labute approximate surface area is 56.8 Å². The largest absolute Gasteiger partial charge is 0.320 e. The molecule has 0 aromatic carbocycles. The van der Waals surface area contributed by atoms with Gasteiger partial charge in [0.1, 0.15) is 0 Å². The quantitative estimate of drug-likeness (QED) is 0.450. The molecular weight excluding hydrogens is 112 g/mol. The Kier molecular flexibility index (Phi) is 3.80. The summed E-state index contributed by atoms with van der Waals surface area (Å²) >= 11 is 0. The fourth-order valence-corrected chi connectivity index (χ4v) is 0.526. The van der Waals surface area contributed by atoms with Crippen LogP contribution < -0.4 is 5.43 Å². The summed E-state index contributed by atoms with van der Waals surface area (Å²) in [5.74, 6) is 0. The highest BCUT2D eigenvalue weighted by molar-refractivity contribution is 5.09. The van der Waals surface area contributed by atoms with Crippen LogP contribution in [0.5, 0.6) is 0 Å². The van der Waals surface area contributed by atoms with Crippen LogP contribution in [0.2, 0.25) is 0 Å². The van der Waals surface area contributed by atoms with Crippen LogP contribution in [0.1, 0.15) is 6.92 Å². The van der Waals surface area contributed by atoms with E-state index in [0.717, 1.165) is 5.70 Å². The highest BCUT2D eigenvalue weighted by Crippen LogP contribution is 1.85. The third-order valence-corrected chi connectivity index (χ3v) is 0.735. The molecule has 0 unspecified atom stereocenters. The summed E-state index contributed by atoms with van der Waals surface area (Å²) in [4.78, 5) is 0. The molecular formula is C7H14N2. The first-order valence-electron chi connectivity index (χ1n) is 2.92. The summed E-state index contributed by atoms with van der Waals surface area (Å²) in [6, 6.07) is 0. The molecule has 0 amide bonds. The van der Waals surface area contributed by atoms with Gasteiger partial charge in [0.15, 0.2) is 0 Å². The SMILES string of the molecule is C=C(/C=C\C)NN(C)C. The molecule has 0 heterocycles. The van der Waals surface area contributed by atoms with Gasteiger partial charge in [-0.25, -0.2) is 5.01 Å². The van der Waals surface area contributed by atoms with Gasteiger partial charge in [-0.15, -0.1) is 0 Å². The second kappa shape index (κ2) is 4.15. The Balaban J connectivity index is 3.51. The molecule has 0 spiro atoms. The molecule has 0 bridgehead atoms. The average Bonchev–Trinajstić information content (AvgIpc) is 1.63. The normalized spacial score (nSPS) is 10.7. The smallest absolute Gasteiger partial charge is 0.0414 e. The summed E-state index contributed by atoms with van der Waals surface area (Å²) in [6.07, 6.45) is 3.86. The number of hydrazine groups is 1. The number of rotatable bonds is 3. The summed E-state index contributed by atoms with van der Waals surface area (Å²) in [7, 11) is 3.85. The molecule has 0 saturated carbocycles. The third-order valence-electron chi connectivity index (χ3n) is 0.735. The fourth-order valence-electron chi connectivity index (χ4n) is 0.526. The lowest BCUT2D eigenvalue weighted by molar-refractivity contribution is 0.333. The first kappa shape index (κ1) is 8.24. The number of nitrogens with zero attached hydrogens (tertiary/aromatic N) is 1. The Morgan fingerprint density at radius 3 is 2.44 bits per heavy atom. The van der Waals surface area contributed by atoms with E-state index in [1.807, 2.05) is 38.2 Å². The predicted molar refractivity (Wildman–Crippen MR) is 40.8 cm³/mol. The molecule has 0 aliphatic carbocycles. The van der Waals surface area contributed by atoms with Crippen molar-refractivity contribution in [2.24, 2.45) is 0 Å². The van der Waals surface area contributed by atoms with Gasteiger partial charge in [-0.05, 0) is 13.0 Å². The maximum Gasteiger partial charge on any atom is 0.0414 e. The Morgan fingerprint density at radius 2 is 2.11 bits per heavy atom. The van der Waals surface area contributed by atoms with Crippen molar-refractivity contribution in [2.75, 3.05) is 14.1 Å². The Morgan fingerprint density at radius 1 is 1.56 bits per heavy atom. The molecule has 52 valence electrons. The lowest BCUT2D eigenvalue weighted by atomic mass is 10.4. The number of hydrogen-bond acceptors (Lipinski definition) is 2. The van der Waals surface area contributed by atoms with Crippen LogP contribution in [0.4, 0.5) is 0 Å². The summed E-state index contributed by atoms with van der Waals surface area (Å²) in [6.45, 7) is 5.71. The van der Waals surface area contributed by atoms with E-state index in [0.29, 0.717) is 0 Å². The van der Waals surface area contributed by atoms with Crippen LogP contribution >= 0.6 is 0 Å². The second-order valence-corrected chi connectivity index (χ2v) is 2.03. The highest BCUT2D eigenvalue weighted by atomic mass is 15.5. The van der Waals surface area contributed by atoms with E-state index >= 15 is 0 Å². The molecule has 1 N–H and O–H groups in total.